The molecule has 0 aliphatic heterocycles. The lowest BCUT2D eigenvalue weighted by Crippen LogP contribution is -2.30. The molecule has 0 spiro atoms. The van der Waals surface area contributed by atoms with Crippen LogP contribution in [0.4, 0.5) is 5.69 Å². The molecule has 20 heavy (non-hydrogen) atoms. The molecule has 1 aromatic carbocycles. The van der Waals surface area contributed by atoms with Crippen LogP contribution in [0.2, 0.25) is 0 Å². The van der Waals surface area contributed by atoms with Crippen LogP contribution in [-0.2, 0) is 0 Å². The van der Waals surface area contributed by atoms with E-state index in [1.54, 1.807) is 11.1 Å². The largest absolute Gasteiger partial charge is 0.309 e. The van der Waals surface area contributed by atoms with Gasteiger partial charge in [-0.05, 0) is 63.1 Å². The minimum Gasteiger partial charge on any atom is -0.309 e. The van der Waals surface area contributed by atoms with E-state index >= 15 is 0 Å². The van der Waals surface area contributed by atoms with Gasteiger partial charge in [0.2, 0.25) is 0 Å². The smallest absolute Gasteiger partial charge is 0.259 e. The van der Waals surface area contributed by atoms with E-state index in [1.165, 1.54) is 0 Å². The van der Waals surface area contributed by atoms with E-state index in [-0.39, 0.29) is 5.91 Å². The van der Waals surface area contributed by atoms with Gasteiger partial charge in [0.05, 0.1) is 5.56 Å². The number of nitrogens with zero attached hydrogens (tertiary/aromatic N) is 2. The summed E-state index contributed by atoms with van der Waals surface area (Å²) in [5.74, 6) is -0.00926. The van der Waals surface area contributed by atoms with Crippen LogP contribution in [0.25, 0.3) is 0 Å². The van der Waals surface area contributed by atoms with Crippen LogP contribution in [0.1, 0.15) is 34.1 Å². The molecule has 0 bridgehead atoms. The van der Waals surface area contributed by atoms with Crippen LogP contribution in [0, 0.1) is 20.8 Å². The van der Waals surface area contributed by atoms with E-state index in [0.29, 0.717) is 12.1 Å². The molecule has 3 heteroatoms. The number of hydrogen-bond acceptors (Lipinski definition) is 2. The Morgan fingerprint density at radius 2 is 1.75 bits per heavy atom. The number of aryl methyl sites for hydroxylation is 3. The summed E-state index contributed by atoms with van der Waals surface area (Å²) < 4.78 is 0. The monoisotopic (exact) mass is 268 g/mol. The van der Waals surface area contributed by atoms with E-state index in [0.717, 1.165) is 22.5 Å². The number of anilines is 1. The predicted octanol–water partition coefficient (Wildman–Crippen LogP) is 3.67. The molecule has 0 saturated carbocycles. The summed E-state index contributed by atoms with van der Waals surface area (Å²) >= 11 is 0. The molecule has 0 aliphatic rings. The number of pyridine rings is 1. The van der Waals surface area contributed by atoms with Gasteiger partial charge in [0.15, 0.2) is 0 Å². The zero-order valence-corrected chi connectivity index (χ0v) is 12.5. The predicted molar refractivity (Wildman–Crippen MR) is 82.2 cm³/mol. The Balaban J connectivity index is 2.36. The summed E-state index contributed by atoms with van der Waals surface area (Å²) in [5.41, 5.74) is 4.80. The Morgan fingerprint density at radius 3 is 2.25 bits per heavy atom. The number of aromatic nitrogens is 1. The van der Waals surface area contributed by atoms with Crippen LogP contribution >= 0.6 is 0 Å². The summed E-state index contributed by atoms with van der Waals surface area (Å²) in [4.78, 5) is 18.6. The van der Waals surface area contributed by atoms with Gasteiger partial charge in [-0.2, -0.15) is 0 Å². The Kier molecular flexibility index (Phi) is 4.18. The zero-order valence-electron chi connectivity index (χ0n) is 12.5. The van der Waals surface area contributed by atoms with Crippen molar-refractivity contribution < 1.29 is 4.79 Å². The molecule has 0 N–H and O–H groups in total. The fourth-order valence-corrected chi connectivity index (χ4v) is 2.30. The molecule has 0 saturated heterocycles. The summed E-state index contributed by atoms with van der Waals surface area (Å²) in [7, 11) is 0. The van der Waals surface area contributed by atoms with Crippen LogP contribution in [0.15, 0.2) is 36.5 Å². The van der Waals surface area contributed by atoms with E-state index in [1.807, 2.05) is 52.0 Å². The van der Waals surface area contributed by atoms with Crippen LogP contribution in [0.3, 0.4) is 0 Å². The average Bonchev–Trinajstić information content (AvgIpc) is 2.39. The first kappa shape index (κ1) is 14.3. The Hall–Kier alpha value is -2.16. The highest BCUT2D eigenvalue weighted by atomic mass is 16.2. The van der Waals surface area contributed by atoms with Gasteiger partial charge in [-0.3, -0.25) is 9.78 Å². The van der Waals surface area contributed by atoms with E-state index < -0.39 is 0 Å². The second-order valence-corrected chi connectivity index (χ2v) is 5.08. The highest BCUT2D eigenvalue weighted by Gasteiger charge is 2.16. The van der Waals surface area contributed by atoms with Crippen molar-refractivity contribution in [3.8, 4) is 0 Å². The lowest BCUT2D eigenvalue weighted by atomic mass is 10.1. The summed E-state index contributed by atoms with van der Waals surface area (Å²) in [6.45, 7) is 8.62. The first-order valence-electron chi connectivity index (χ1n) is 6.84. The van der Waals surface area contributed by atoms with Crippen LogP contribution < -0.4 is 4.90 Å². The number of benzene rings is 1. The van der Waals surface area contributed by atoms with E-state index in [2.05, 4.69) is 11.1 Å². The van der Waals surface area contributed by atoms with Crippen LogP contribution in [-0.4, -0.2) is 17.4 Å². The molecule has 0 aliphatic carbocycles. The van der Waals surface area contributed by atoms with Gasteiger partial charge >= 0.3 is 0 Å². The SMILES string of the molecule is CCN(C(=O)c1ccc(C)nc1)c1cc(C)cc(C)c1. The summed E-state index contributed by atoms with van der Waals surface area (Å²) in [6.07, 6.45) is 1.64. The Bertz CT molecular complexity index is 597. The van der Waals surface area contributed by atoms with Gasteiger partial charge in [0, 0.05) is 24.1 Å². The third-order valence-electron chi connectivity index (χ3n) is 3.24. The lowest BCUT2D eigenvalue weighted by molar-refractivity contribution is 0.0988. The fourth-order valence-electron chi connectivity index (χ4n) is 2.30. The van der Waals surface area contributed by atoms with Crippen LogP contribution in [0.5, 0.6) is 0 Å². The molecule has 2 rings (SSSR count). The number of hydrogen-bond donors (Lipinski definition) is 0. The zero-order chi connectivity index (χ0) is 14.7. The molecule has 104 valence electrons. The molecule has 1 amide bonds. The average molecular weight is 268 g/mol. The van der Waals surface area contributed by atoms with E-state index in [4.69, 9.17) is 0 Å². The van der Waals surface area contributed by atoms with Crippen molar-refractivity contribution in [2.45, 2.75) is 27.7 Å². The number of rotatable bonds is 3. The van der Waals surface area contributed by atoms with Gasteiger partial charge in [0.1, 0.15) is 0 Å². The molecular weight excluding hydrogens is 248 g/mol. The third kappa shape index (κ3) is 3.05. The fraction of sp³-hybridized carbons (Fsp3) is 0.294. The highest BCUT2D eigenvalue weighted by molar-refractivity contribution is 6.05. The normalized spacial score (nSPS) is 10.4. The van der Waals surface area contributed by atoms with Crippen molar-refractivity contribution in [3.05, 3.63) is 58.9 Å². The number of carbonyl (C=O) groups is 1. The maximum Gasteiger partial charge on any atom is 0.259 e. The Labute approximate surface area is 120 Å². The molecule has 0 fully saturated rings. The van der Waals surface area contributed by atoms with Gasteiger partial charge < -0.3 is 4.90 Å². The minimum absolute atomic E-state index is 0.00926. The summed E-state index contributed by atoms with van der Waals surface area (Å²) in [5, 5.41) is 0. The first-order chi connectivity index (χ1) is 9.51. The first-order valence-corrected chi connectivity index (χ1v) is 6.84. The van der Waals surface area contributed by atoms with Crippen molar-refractivity contribution in [2.75, 3.05) is 11.4 Å². The third-order valence-corrected chi connectivity index (χ3v) is 3.24. The van der Waals surface area contributed by atoms with Crippen molar-refractivity contribution in [3.63, 3.8) is 0 Å². The number of carbonyl (C=O) groups excluding carboxylic acids is 1. The van der Waals surface area contributed by atoms with E-state index in [9.17, 15) is 4.79 Å². The van der Waals surface area contributed by atoms with Gasteiger partial charge in [-0.1, -0.05) is 6.07 Å². The quantitative estimate of drug-likeness (QED) is 0.851. The second-order valence-electron chi connectivity index (χ2n) is 5.08. The number of amides is 1. The molecule has 0 unspecified atom stereocenters. The molecule has 1 heterocycles. The maximum atomic E-state index is 12.6. The molecule has 2 aromatic rings. The van der Waals surface area contributed by atoms with Crippen molar-refractivity contribution >= 4 is 11.6 Å². The maximum absolute atomic E-state index is 12.6. The molecular formula is C17H20N2O. The standard InChI is InChI=1S/C17H20N2O/c1-5-19(16-9-12(2)8-13(3)10-16)17(20)15-7-6-14(4)18-11-15/h6-11H,5H2,1-4H3. The minimum atomic E-state index is -0.00926. The van der Waals surface area contributed by atoms with Gasteiger partial charge in [0.25, 0.3) is 5.91 Å². The Morgan fingerprint density at radius 1 is 1.10 bits per heavy atom. The second kappa shape index (κ2) is 5.87. The van der Waals surface area contributed by atoms with Crippen molar-refractivity contribution in [1.29, 1.82) is 0 Å². The van der Waals surface area contributed by atoms with Crippen molar-refractivity contribution in [2.24, 2.45) is 0 Å². The highest BCUT2D eigenvalue weighted by Crippen LogP contribution is 2.20. The molecule has 0 radical (unpaired) electrons. The summed E-state index contributed by atoms with van der Waals surface area (Å²) in [6, 6.07) is 9.87. The lowest BCUT2D eigenvalue weighted by Gasteiger charge is -2.22. The molecule has 3 nitrogen and oxygen atoms in total. The topological polar surface area (TPSA) is 33.2 Å². The van der Waals surface area contributed by atoms with Gasteiger partial charge in [-0.15, -0.1) is 0 Å². The van der Waals surface area contributed by atoms with Gasteiger partial charge in [-0.25, -0.2) is 0 Å². The van der Waals surface area contributed by atoms with Crippen molar-refractivity contribution in [1.82, 2.24) is 4.98 Å². The molecule has 0 atom stereocenters. The molecule has 1 aromatic heterocycles.